The monoisotopic (exact) mass is 297 g/mol. The van der Waals surface area contributed by atoms with Crippen LogP contribution in [-0.4, -0.2) is 6.61 Å². The highest BCUT2D eigenvalue weighted by molar-refractivity contribution is 5.28. The molecule has 0 atom stereocenters. The first-order valence-corrected chi connectivity index (χ1v) is 8.26. The SMILES string of the molecule is CCCCCOc1ccc(CNCc2ccccc2C)cc1. The van der Waals surface area contributed by atoms with Gasteiger partial charge in [0.05, 0.1) is 6.61 Å². The lowest BCUT2D eigenvalue weighted by atomic mass is 10.1. The van der Waals surface area contributed by atoms with Crippen LogP contribution in [0.3, 0.4) is 0 Å². The molecule has 0 aliphatic rings. The summed E-state index contributed by atoms with van der Waals surface area (Å²) in [5.74, 6) is 0.971. The number of ether oxygens (including phenoxy) is 1. The molecular weight excluding hydrogens is 270 g/mol. The van der Waals surface area contributed by atoms with Gasteiger partial charge in [-0.25, -0.2) is 0 Å². The molecule has 0 aliphatic carbocycles. The van der Waals surface area contributed by atoms with Gasteiger partial charge in [-0.1, -0.05) is 56.2 Å². The third-order valence-electron chi connectivity index (χ3n) is 3.85. The number of benzene rings is 2. The Kier molecular flexibility index (Phi) is 6.98. The fourth-order valence-electron chi connectivity index (χ4n) is 2.40. The Labute approximate surface area is 134 Å². The molecule has 1 N–H and O–H groups in total. The summed E-state index contributed by atoms with van der Waals surface area (Å²) in [6, 6.07) is 16.9. The molecule has 0 radical (unpaired) electrons. The van der Waals surface area contributed by atoms with Gasteiger partial charge in [0.25, 0.3) is 0 Å². The second-order valence-electron chi connectivity index (χ2n) is 5.73. The average Bonchev–Trinajstić information content (AvgIpc) is 2.55. The lowest BCUT2D eigenvalue weighted by Crippen LogP contribution is -2.13. The molecule has 2 heteroatoms. The van der Waals surface area contributed by atoms with Crippen LogP contribution in [0.5, 0.6) is 5.75 Å². The first kappa shape index (κ1) is 16.6. The van der Waals surface area contributed by atoms with Crippen molar-refractivity contribution in [2.75, 3.05) is 6.61 Å². The minimum atomic E-state index is 0.818. The number of rotatable bonds is 9. The van der Waals surface area contributed by atoms with Gasteiger partial charge in [0.1, 0.15) is 5.75 Å². The largest absolute Gasteiger partial charge is 0.494 e. The zero-order valence-electron chi connectivity index (χ0n) is 13.8. The van der Waals surface area contributed by atoms with E-state index in [0.717, 1.165) is 31.9 Å². The van der Waals surface area contributed by atoms with E-state index in [0.29, 0.717) is 0 Å². The summed E-state index contributed by atoms with van der Waals surface area (Å²) >= 11 is 0. The van der Waals surface area contributed by atoms with Gasteiger partial charge in [0.2, 0.25) is 0 Å². The van der Waals surface area contributed by atoms with Crippen molar-refractivity contribution in [1.29, 1.82) is 0 Å². The number of nitrogens with one attached hydrogen (secondary N) is 1. The summed E-state index contributed by atoms with van der Waals surface area (Å²) in [7, 11) is 0. The van der Waals surface area contributed by atoms with Gasteiger partial charge >= 0.3 is 0 Å². The van der Waals surface area contributed by atoms with Crippen LogP contribution in [-0.2, 0) is 13.1 Å². The average molecular weight is 297 g/mol. The molecule has 0 spiro atoms. The fourth-order valence-corrected chi connectivity index (χ4v) is 2.40. The van der Waals surface area contributed by atoms with Crippen molar-refractivity contribution in [1.82, 2.24) is 5.32 Å². The first-order chi connectivity index (χ1) is 10.8. The molecule has 0 bridgehead atoms. The van der Waals surface area contributed by atoms with Crippen LogP contribution in [0, 0.1) is 6.92 Å². The molecule has 2 rings (SSSR count). The van der Waals surface area contributed by atoms with Gasteiger partial charge in [-0.2, -0.15) is 0 Å². The van der Waals surface area contributed by atoms with Gasteiger partial charge in [-0.3, -0.25) is 0 Å². The second kappa shape index (κ2) is 9.26. The van der Waals surface area contributed by atoms with Crippen molar-refractivity contribution in [3.63, 3.8) is 0 Å². The predicted molar refractivity (Wildman–Crippen MR) is 93.2 cm³/mol. The molecule has 0 aromatic heterocycles. The highest BCUT2D eigenvalue weighted by Gasteiger charge is 1.98. The summed E-state index contributed by atoms with van der Waals surface area (Å²) in [5, 5.41) is 3.50. The Morgan fingerprint density at radius 2 is 1.68 bits per heavy atom. The molecule has 0 aliphatic heterocycles. The molecule has 0 saturated heterocycles. The third kappa shape index (κ3) is 5.53. The molecular formula is C20H27NO. The molecule has 22 heavy (non-hydrogen) atoms. The van der Waals surface area contributed by atoms with Gasteiger partial charge in [0.15, 0.2) is 0 Å². The number of hydrogen-bond donors (Lipinski definition) is 1. The van der Waals surface area contributed by atoms with E-state index in [9.17, 15) is 0 Å². The van der Waals surface area contributed by atoms with E-state index in [1.165, 1.54) is 29.5 Å². The molecule has 0 amide bonds. The van der Waals surface area contributed by atoms with Crippen molar-refractivity contribution in [2.24, 2.45) is 0 Å². The van der Waals surface area contributed by atoms with Gasteiger partial charge < -0.3 is 10.1 Å². The predicted octanol–water partition coefficient (Wildman–Crippen LogP) is 4.85. The maximum Gasteiger partial charge on any atom is 0.119 e. The van der Waals surface area contributed by atoms with Crippen molar-refractivity contribution >= 4 is 0 Å². The van der Waals surface area contributed by atoms with Gasteiger partial charge in [0, 0.05) is 13.1 Å². The molecule has 2 aromatic carbocycles. The minimum absolute atomic E-state index is 0.818. The fraction of sp³-hybridized carbons (Fsp3) is 0.400. The van der Waals surface area contributed by atoms with Crippen LogP contribution in [0.4, 0.5) is 0 Å². The topological polar surface area (TPSA) is 21.3 Å². The third-order valence-corrected chi connectivity index (χ3v) is 3.85. The molecule has 0 fully saturated rings. The van der Waals surface area contributed by atoms with E-state index in [-0.39, 0.29) is 0 Å². The Balaban J connectivity index is 1.73. The summed E-state index contributed by atoms with van der Waals surface area (Å²) in [5.41, 5.74) is 3.98. The van der Waals surface area contributed by atoms with Crippen LogP contribution in [0.25, 0.3) is 0 Å². The Hall–Kier alpha value is -1.80. The molecule has 0 unspecified atom stereocenters. The first-order valence-electron chi connectivity index (χ1n) is 8.26. The van der Waals surface area contributed by atoms with E-state index >= 15 is 0 Å². The van der Waals surface area contributed by atoms with Crippen LogP contribution in [0.2, 0.25) is 0 Å². The van der Waals surface area contributed by atoms with Crippen LogP contribution in [0.1, 0.15) is 42.9 Å². The van der Waals surface area contributed by atoms with Gasteiger partial charge in [-0.15, -0.1) is 0 Å². The summed E-state index contributed by atoms with van der Waals surface area (Å²) in [6.45, 7) is 6.96. The van der Waals surface area contributed by atoms with Gasteiger partial charge in [-0.05, 0) is 42.2 Å². The van der Waals surface area contributed by atoms with Crippen molar-refractivity contribution < 1.29 is 4.74 Å². The van der Waals surface area contributed by atoms with E-state index < -0.39 is 0 Å². The smallest absolute Gasteiger partial charge is 0.119 e. The standard InChI is InChI=1S/C20H27NO/c1-3-4-7-14-22-20-12-10-18(11-13-20)15-21-16-19-9-6-5-8-17(19)2/h5-6,8-13,21H,3-4,7,14-16H2,1-2H3. The van der Waals surface area contributed by atoms with Crippen molar-refractivity contribution in [3.05, 3.63) is 65.2 Å². The Morgan fingerprint density at radius 3 is 2.41 bits per heavy atom. The van der Waals surface area contributed by atoms with E-state index in [4.69, 9.17) is 4.74 Å². The Bertz CT molecular complexity index is 548. The van der Waals surface area contributed by atoms with E-state index in [1.54, 1.807) is 0 Å². The summed E-state index contributed by atoms with van der Waals surface area (Å²) in [6.07, 6.45) is 3.60. The lowest BCUT2D eigenvalue weighted by molar-refractivity contribution is 0.306. The molecule has 2 aromatic rings. The normalized spacial score (nSPS) is 10.6. The molecule has 0 saturated carbocycles. The maximum atomic E-state index is 5.73. The zero-order chi connectivity index (χ0) is 15.6. The Morgan fingerprint density at radius 1 is 0.909 bits per heavy atom. The van der Waals surface area contributed by atoms with Crippen molar-refractivity contribution in [2.45, 2.75) is 46.2 Å². The second-order valence-corrected chi connectivity index (χ2v) is 5.73. The van der Waals surface area contributed by atoms with Crippen LogP contribution >= 0.6 is 0 Å². The highest BCUT2D eigenvalue weighted by atomic mass is 16.5. The number of unbranched alkanes of at least 4 members (excludes halogenated alkanes) is 2. The highest BCUT2D eigenvalue weighted by Crippen LogP contribution is 2.13. The van der Waals surface area contributed by atoms with Crippen molar-refractivity contribution in [3.8, 4) is 5.75 Å². The quantitative estimate of drug-likeness (QED) is 0.668. The maximum absolute atomic E-state index is 5.73. The van der Waals surface area contributed by atoms with E-state index in [1.807, 2.05) is 0 Å². The van der Waals surface area contributed by atoms with Crippen LogP contribution in [0.15, 0.2) is 48.5 Å². The molecule has 2 nitrogen and oxygen atoms in total. The zero-order valence-corrected chi connectivity index (χ0v) is 13.8. The van der Waals surface area contributed by atoms with Crippen LogP contribution < -0.4 is 10.1 Å². The minimum Gasteiger partial charge on any atom is -0.494 e. The lowest BCUT2D eigenvalue weighted by Gasteiger charge is -2.09. The number of aryl methyl sites for hydroxylation is 1. The van der Waals surface area contributed by atoms with E-state index in [2.05, 4.69) is 67.7 Å². The molecule has 0 heterocycles. The summed E-state index contributed by atoms with van der Waals surface area (Å²) < 4.78 is 5.73. The number of hydrogen-bond acceptors (Lipinski definition) is 2. The summed E-state index contributed by atoms with van der Waals surface area (Å²) in [4.78, 5) is 0. The molecule has 118 valence electrons.